The van der Waals surface area contributed by atoms with Crippen LogP contribution in [0.2, 0.25) is 0 Å². The van der Waals surface area contributed by atoms with Crippen molar-refractivity contribution in [2.75, 3.05) is 45.7 Å². The first-order valence-corrected chi connectivity index (χ1v) is 14.5. The number of ether oxygens (including phenoxy) is 1. The van der Waals surface area contributed by atoms with Crippen molar-refractivity contribution in [3.63, 3.8) is 0 Å². The second-order valence-electron chi connectivity index (χ2n) is 11.9. The molecule has 0 spiro atoms. The molecule has 0 bridgehead atoms. The van der Waals surface area contributed by atoms with Crippen molar-refractivity contribution >= 4 is 22.6 Å². The van der Waals surface area contributed by atoms with Gasteiger partial charge in [0.25, 0.3) is 5.91 Å². The fraction of sp³-hybridized carbons (Fsp3) is 0.500. The van der Waals surface area contributed by atoms with E-state index in [4.69, 9.17) is 4.74 Å². The summed E-state index contributed by atoms with van der Waals surface area (Å²) < 4.78 is 21.6. The molecule has 8 nitrogen and oxygen atoms in total. The number of hydrogen-bond donors (Lipinski definition) is 0. The summed E-state index contributed by atoms with van der Waals surface area (Å²) in [4.78, 5) is 32.6. The number of anilines is 1. The summed E-state index contributed by atoms with van der Waals surface area (Å²) >= 11 is 0. The number of likely N-dealkylation sites (N-methyl/N-ethyl adjacent to an activating group) is 1. The smallest absolute Gasteiger partial charge is 0.318 e. The SMILES string of the molecule is COc1nc(N(C)C2CCN(C(=O)C#CC3(C)CCCN3C)C2)c2cnc(-c3cccc(C)c3C3CC3)c(F)c2n1. The summed E-state index contributed by atoms with van der Waals surface area (Å²) in [5, 5.41) is 0.511. The van der Waals surface area contributed by atoms with Gasteiger partial charge < -0.3 is 14.5 Å². The van der Waals surface area contributed by atoms with Gasteiger partial charge in [0, 0.05) is 37.9 Å². The van der Waals surface area contributed by atoms with E-state index >= 15 is 4.39 Å². The lowest BCUT2D eigenvalue weighted by atomic mass is 9.95. The number of pyridine rings is 1. The molecule has 214 valence electrons. The Morgan fingerprint density at radius 1 is 1.22 bits per heavy atom. The molecule has 2 atom stereocenters. The van der Waals surface area contributed by atoms with Gasteiger partial charge in [-0.25, -0.2) is 4.39 Å². The maximum atomic E-state index is 16.2. The quantitative estimate of drug-likeness (QED) is 0.427. The number of aromatic nitrogens is 3. The number of fused-ring (bicyclic) bond motifs is 1. The Balaban J connectivity index is 1.29. The first kappa shape index (κ1) is 27.4. The van der Waals surface area contributed by atoms with Crippen molar-refractivity contribution in [3.05, 3.63) is 41.3 Å². The van der Waals surface area contributed by atoms with Gasteiger partial charge in [0.05, 0.1) is 18.0 Å². The zero-order valence-corrected chi connectivity index (χ0v) is 24.5. The topological polar surface area (TPSA) is 74.7 Å². The van der Waals surface area contributed by atoms with E-state index in [1.807, 2.05) is 24.1 Å². The van der Waals surface area contributed by atoms with Crippen molar-refractivity contribution < 1.29 is 13.9 Å². The molecule has 41 heavy (non-hydrogen) atoms. The van der Waals surface area contributed by atoms with Crippen molar-refractivity contribution in [2.24, 2.45) is 0 Å². The number of nitrogens with zero attached hydrogens (tertiary/aromatic N) is 6. The first-order chi connectivity index (χ1) is 19.7. The van der Waals surface area contributed by atoms with E-state index in [0.29, 0.717) is 35.9 Å². The van der Waals surface area contributed by atoms with E-state index < -0.39 is 5.82 Å². The summed E-state index contributed by atoms with van der Waals surface area (Å²) in [7, 11) is 5.45. The van der Waals surface area contributed by atoms with Crippen LogP contribution in [0, 0.1) is 24.6 Å². The van der Waals surface area contributed by atoms with E-state index in [1.165, 1.54) is 12.7 Å². The monoisotopic (exact) mass is 556 g/mol. The van der Waals surface area contributed by atoms with Crippen LogP contribution in [-0.4, -0.2) is 83.1 Å². The van der Waals surface area contributed by atoms with E-state index in [9.17, 15) is 4.79 Å². The van der Waals surface area contributed by atoms with Crippen LogP contribution in [-0.2, 0) is 4.79 Å². The van der Waals surface area contributed by atoms with Crippen LogP contribution in [0.1, 0.15) is 56.1 Å². The van der Waals surface area contributed by atoms with Crippen LogP contribution in [0.5, 0.6) is 6.01 Å². The minimum Gasteiger partial charge on any atom is -0.467 e. The summed E-state index contributed by atoms with van der Waals surface area (Å²) in [5.41, 5.74) is 3.37. The highest BCUT2D eigenvalue weighted by Crippen LogP contribution is 2.46. The zero-order chi connectivity index (χ0) is 28.9. The van der Waals surface area contributed by atoms with Gasteiger partial charge in [-0.15, -0.1) is 0 Å². The Kier molecular flexibility index (Phi) is 7.06. The number of rotatable bonds is 5. The molecule has 3 aliphatic rings. The minimum absolute atomic E-state index is 0.0192. The fourth-order valence-corrected chi connectivity index (χ4v) is 6.31. The number of amides is 1. The Morgan fingerprint density at radius 2 is 2.02 bits per heavy atom. The second kappa shape index (κ2) is 10.6. The largest absolute Gasteiger partial charge is 0.467 e. The molecule has 1 amide bonds. The van der Waals surface area contributed by atoms with Gasteiger partial charge in [-0.1, -0.05) is 24.1 Å². The molecule has 1 saturated carbocycles. The van der Waals surface area contributed by atoms with Crippen LogP contribution in [0.15, 0.2) is 24.4 Å². The molecule has 1 aromatic carbocycles. The summed E-state index contributed by atoms with van der Waals surface area (Å²) in [5.74, 6) is 6.48. The summed E-state index contributed by atoms with van der Waals surface area (Å²) in [6.45, 7) is 6.27. The Labute approximate surface area is 240 Å². The molecule has 2 aliphatic heterocycles. The number of carbonyl (C=O) groups excluding carboxylic acids is 1. The maximum Gasteiger partial charge on any atom is 0.318 e. The van der Waals surface area contributed by atoms with E-state index in [0.717, 1.165) is 49.8 Å². The van der Waals surface area contributed by atoms with Crippen LogP contribution in [0.25, 0.3) is 22.2 Å². The average Bonchev–Trinajstić information content (AvgIpc) is 3.58. The molecule has 0 N–H and O–H groups in total. The Morgan fingerprint density at radius 3 is 2.73 bits per heavy atom. The summed E-state index contributed by atoms with van der Waals surface area (Å²) in [6.07, 6.45) is 6.70. The van der Waals surface area contributed by atoms with Crippen molar-refractivity contribution in [1.82, 2.24) is 24.8 Å². The highest BCUT2D eigenvalue weighted by atomic mass is 19.1. The highest BCUT2D eigenvalue weighted by Gasteiger charge is 2.34. The molecule has 6 rings (SSSR count). The van der Waals surface area contributed by atoms with Gasteiger partial charge in [-0.2, -0.15) is 9.97 Å². The number of halogens is 1. The predicted molar refractivity (Wildman–Crippen MR) is 157 cm³/mol. The third kappa shape index (κ3) is 4.99. The Bertz CT molecular complexity index is 1580. The number of likely N-dealkylation sites (tertiary alicyclic amines) is 2. The van der Waals surface area contributed by atoms with Gasteiger partial charge in [-0.05, 0) is 82.5 Å². The zero-order valence-electron chi connectivity index (χ0n) is 24.5. The molecule has 3 aromatic rings. The third-order valence-corrected chi connectivity index (χ3v) is 9.16. The molecule has 4 heterocycles. The molecule has 9 heteroatoms. The maximum absolute atomic E-state index is 16.2. The van der Waals surface area contributed by atoms with Gasteiger partial charge in [0.1, 0.15) is 17.0 Å². The third-order valence-electron chi connectivity index (χ3n) is 9.16. The lowest BCUT2D eigenvalue weighted by Gasteiger charge is -2.27. The van der Waals surface area contributed by atoms with Crippen LogP contribution in [0.3, 0.4) is 0 Å². The standard InChI is InChI=1S/C32H37FN6O2/c1-20-8-6-9-23(26(20)21-10-11-21)28-27(33)29-24(18-34-28)30(36-31(35-29)41-5)38(4)22-13-17-39(19-22)25(40)12-15-32(2)14-7-16-37(32)3/h6,8-9,18,21-22H,7,10-11,13-14,16-17,19H2,1-5H3. The molecule has 3 fully saturated rings. The minimum atomic E-state index is -0.478. The van der Waals surface area contributed by atoms with Crippen LogP contribution >= 0.6 is 0 Å². The van der Waals surface area contributed by atoms with E-state index in [-0.39, 0.29) is 29.0 Å². The van der Waals surface area contributed by atoms with Crippen LogP contribution in [0.4, 0.5) is 10.2 Å². The van der Waals surface area contributed by atoms with E-state index in [2.05, 4.69) is 58.7 Å². The molecule has 2 aromatic heterocycles. The molecule has 2 unspecified atom stereocenters. The molecule has 0 radical (unpaired) electrons. The predicted octanol–water partition coefficient (Wildman–Crippen LogP) is 4.55. The molecule has 1 aliphatic carbocycles. The second-order valence-corrected chi connectivity index (χ2v) is 11.9. The van der Waals surface area contributed by atoms with Gasteiger partial charge in [-0.3, -0.25) is 14.7 Å². The molecular formula is C32H37FN6O2. The number of hydrogen-bond acceptors (Lipinski definition) is 7. The van der Waals surface area contributed by atoms with Crippen molar-refractivity contribution in [1.29, 1.82) is 0 Å². The number of methoxy groups -OCH3 is 1. The molecule has 2 saturated heterocycles. The highest BCUT2D eigenvalue weighted by molar-refractivity contribution is 5.94. The van der Waals surface area contributed by atoms with Crippen LogP contribution < -0.4 is 9.64 Å². The summed E-state index contributed by atoms with van der Waals surface area (Å²) in [6, 6.07) is 6.04. The average molecular weight is 557 g/mol. The van der Waals surface area contributed by atoms with Crippen molar-refractivity contribution in [2.45, 2.75) is 63.5 Å². The normalized spacial score (nSPS) is 22.6. The number of carbonyl (C=O) groups is 1. The fourth-order valence-electron chi connectivity index (χ4n) is 6.31. The lowest BCUT2D eigenvalue weighted by molar-refractivity contribution is -0.124. The number of benzene rings is 1. The Hall–Kier alpha value is -3.77. The van der Waals surface area contributed by atoms with E-state index in [1.54, 1.807) is 11.1 Å². The number of aryl methyl sites for hydroxylation is 1. The first-order valence-electron chi connectivity index (χ1n) is 14.5. The van der Waals surface area contributed by atoms with Gasteiger partial charge in [0.2, 0.25) is 0 Å². The lowest BCUT2D eigenvalue weighted by Crippen LogP contribution is -2.38. The van der Waals surface area contributed by atoms with Gasteiger partial charge >= 0.3 is 6.01 Å². The molecular weight excluding hydrogens is 519 g/mol. The van der Waals surface area contributed by atoms with Gasteiger partial charge in [0.15, 0.2) is 5.82 Å². The van der Waals surface area contributed by atoms with Crippen molar-refractivity contribution in [3.8, 4) is 29.1 Å².